The molecule has 6 nitrogen and oxygen atoms in total. The van der Waals surface area contributed by atoms with Crippen LogP contribution in [0.5, 0.6) is 11.5 Å². The van der Waals surface area contributed by atoms with E-state index in [2.05, 4.69) is 31.7 Å². The number of hydrogen-bond donors (Lipinski definition) is 2. The number of aromatic nitrogens is 2. The first-order chi connectivity index (χ1) is 15.5. The number of thiocarbonyl (C=S) groups is 1. The zero-order valence-electron chi connectivity index (χ0n) is 18.0. The van der Waals surface area contributed by atoms with E-state index in [1.165, 1.54) is 0 Å². The zero-order valence-corrected chi connectivity index (χ0v) is 21.2. The molecular formula is C23H26BrClN4O2S. The molecule has 0 saturated heterocycles. The van der Waals surface area contributed by atoms with E-state index in [-0.39, 0.29) is 0 Å². The molecule has 170 valence electrons. The molecule has 0 spiro atoms. The second-order valence-corrected chi connectivity index (χ2v) is 8.56. The molecule has 0 saturated carbocycles. The van der Waals surface area contributed by atoms with Gasteiger partial charge in [-0.15, -0.1) is 0 Å². The molecule has 9 heteroatoms. The smallest absolute Gasteiger partial charge is 0.172 e. The molecule has 2 N–H and O–H groups in total. The largest absolute Gasteiger partial charge is 0.490 e. The van der Waals surface area contributed by atoms with Crippen LogP contribution in [0, 0.1) is 0 Å². The molecular weight excluding hydrogens is 512 g/mol. The molecule has 0 fully saturated rings. The Morgan fingerprint density at radius 1 is 1.12 bits per heavy atom. The molecule has 0 aliphatic heterocycles. The fraction of sp³-hybridized carbons (Fsp3) is 0.304. The minimum atomic E-state index is 0.504. The summed E-state index contributed by atoms with van der Waals surface area (Å²) >= 11 is 15.2. The molecule has 1 heterocycles. The Balaban J connectivity index is 1.52. The van der Waals surface area contributed by atoms with Crippen LogP contribution in [0.3, 0.4) is 0 Å². The molecule has 0 unspecified atom stereocenters. The average Bonchev–Trinajstić information content (AvgIpc) is 3.10. The van der Waals surface area contributed by atoms with Crippen molar-refractivity contribution in [3.8, 4) is 11.5 Å². The predicted molar refractivity (Wildman–Crippen MR) is 137 cm³/mol. The Bertz CT molecular complexity index is 1060. The summed E-state index contributed by atoms with van der Waals surface area (Å²) in [5.74, 6) is 2.18. The van der Waals surface area contributed by atoms with E-state index in [1.807, 2.05) is 67.2 Å². The first kappa shape index (κ1) is 24.4. The third-order valence-electron chi connectivity index (χ3n) is 4.55. The van der Waals surface area contributed by atoms with Gasteiger partial charge >= 0.3 is 0 Å². The number of anilines is 1. The summed E-state index contributed by atoms with van der Waals surface area (Å²) in [7, 11) is 0. The highest BCUT2D eigenvalue weighted by Gasteiger charge is 2.10. The lowest BCUT2D eigenvalue weighted by molar-refractivity contribution is 0.287. The average molecular weight is 538 g/mol. The molecule has 0 radical (unpaired) electrons. The van der Waals surface area contributed by atoms with Crippen LogP contribution >= 0.6 is 39.7 Å². The highest BCUT2D eigenvalue weighted by Crippen LogP contribution is 2.28. The fourth-order valence-electron chi connectivity index (χ4n) is 3.09. The number of nitrogens with one attached hydrogen (secondary N) is 2. The van der Waals surface area contributed by atoms with Crippen molar-refractivity contribution in [1.29, 1.82) is 0 Å². The Morgan fingerprint density at radius 3 is 2.62 bits per heavy atom. The summed E-state index contributed by atoms with van der Waals surface area (Å²) in [6.07, 6.45) is 2.68. The highest BCUT2D eigenvalue weighted by atomic mass is 79.9. The summed E-state index contributed by atoms with van der Waals surface area (Å²) in [6, 6.07) is 13.7. The standard InChI is InChI=1S/C23H26BrClN4O2S/c1-3-30-20-10-9-16(13-21(20)31-4-2)11-12-26-23(32)27-22-18(24)15-29(28-22)14-17-7-5-6-8-19(17)25/h5-10,13,15H,3-4,11-12,14H2,1-2H3,(H2,26,27,28,32). The quantitative estimate of drug-likeness (QED) is 0.325. The Kier molecular flexibility index (Phi) is 9.20. The van der Waals surface area contributed by atoms with Gasteiger partial charge in [0.15, 0.2) is 22.4 Å². The number of halogens is 2. The van der Waals surface area contributed by atoms with Crippen LogP contribution < -0.4 is 20.1 Å². The second-order valence-electron chi connectivity index (χ2n) is 6.89. The lowest BCUT2D eigenvalue weighted by Gasteiger charge is -2.13. The zero-order chi connectivity index (χ0) is 22.9. The van der Waals surface area contributed by atoms with Crippen LogP contribution in [0.15, 0.2) is 53.1 Å². The van der Waals surface area contributed by atoms with Crippen molar-refractivity contribution in [3.63, 3.8) is 0 Å². The van der Waals surface area contributed by atoms with Crippen molar-refractivity contribution < 1.29 is 9.47 Å². The Hall–Kier alpha value is -2.29. The normalized spacial score (nSPS) is 10.6. The molecule has 3 aromatic rings. The van der Waals surface area contributed by atoms with Crippen LogP contribution in [-0.4, -0.2) is 34.7 Å². The van der Waals surface area contributed by atoms with Gasteiger partial charge in [0, 0.05) is 17.8 Å². The van der Waals surface area contributed by atoms with Crippen LogP contribution in [0.1, 0.15) is 25.0 Å². The Morgan fingerprint density at radius 2 is 1.88 bits per heavy atom. The number of ether oxygens (including phenoxy) is 2. The van der Waals surface area contributed by atoms with Crippen molar-refractivity contribution in [2.45, 2.75) is 26.8 Å². The van der Waals surface area contributed by atoms with Crippen LogP contribution in [0.25, 0.3) is 0 Å². The predicted octanol–water partition coefficient (Wildman–Crippen LogP) is 5.67. The lowest BCUT2D eigenvalue weighted by atomic mass is 10.1. The molecule has 0 aliphatic rings. The Labute approximate surface area is 207 Å². The van der Waals surface area contributed by atoms with Crippen LogP contribution in [0.2, 0.25) is 5.02 Å². The SMILES string of the molecule is CCOc1ccc(CCNC(=S)Nc2nn(Cc3ccccc3Cl)cc2Br)cc1OCC. The van der Waals surface area contributed by atoms with Gasteiger partial charge < -0.3 is 20.1 Å². The maximum absolute atomic E-state index is 6.25. The molecule has 0 amide bonds. The van der Waals surface area contributed by atoms with Crippen molar-refractivity contribution in [3.05, 3.63) is 69.3 Å². The number of hydrogen-bond acceptors (Lipinski definition) is 4. The van der Waals surface area contributed by atoms with Gasteiger partial charge in [0.05, 0.1) is 24.2 Å². The fourth-order valence-corrected chi connectivity index (χ4v) is 3.90. The van der Waals surface area contributed by atoms with Gasteiger partial charge in [-0.25, -0.2) is 0 Å². The van der Waals surface area contributed by atoms with Gasteiger partial charge in [-0.1, -0.05) is 35.9 Å². The second kappa shape index (κ2) is 12.1. The molecule has 0 atom stereocenters. The van der Waals surface area contributed by atoms with Gasteiger partial charge in [0.1, 0.15) is 0 Å². The van der Waals surface area contributed by atoms with E-state index in [0.717, 1.165) is 33.5 Å². The first-order valence-electron chi connectivity index (χ1n) is 10.4. The van der Waals surface area contributed by atoms with Crippen LogP contribution in [0.4, 0.5) is 5.82 Å². The van der Waals surface area contributed by atoms with Gasteiger partial charge in [0.25, 0.3) is 0 Å². The van der Waals surface area contributed by atoms with Crippen molar-refractivity contribution in [2.24, 2.45) is 0 Å². The molecule has 0 bridgehead atoms. The van der Waals surface area contributed by atoms with E-state index >= 15 is 0 Å². The van der Waals surface area contributed by atoms with Gasteiger partial charge in [-0.05, 0) is 77.7 Å². The van der Waals surface area contributed by atoms with E-state index in [1.54, 1.807) is 0 Å². The number of benzene rings is 2. The molecule has 2 aromatic carbocycles. The highest BCUT2D eigenvalue weighted by molar-refractivity contribution is 9.10. The van der Waals surface area contributed by atoms with Gasteiger partial charge in [-0.2, -0.15) is 5.10 Å². The van der Waals surface area contributed by atoms with Crippen molar-refractivity contribution in [2.75, 3.05) is 25.1 Å². The van der Waals surface area contributed by atoms with E-state index < -0.39 is 0 Å². The third-order valence-corrected chi connectivity index (χ3v) is 5.74. The topological polar surface area (TPSA) is 60.3 Å². The summed E-state index contributed by atoms with van der Waals surface area (Å²) in [4.78, 5) is 0. The summed E-state index contributed by atoms with van der Waals surface area (Å²) in [6.45, 7) is 6.35. The molecule has 0 aliphatic carbocycles. The number of nitrogens with zero attached hydrogens (tertiary/aromatic N) is 2. The monoisotopic (exact) mass is 536 g/mol. The molecule has 32 heavy (non-hydrogen) atoms. The third kappa shape index (κ3) is 6.85. The van der Waals surface area contributed by atoms with Gasteiger partial charge in [0.2, 0.25) is 0 Å². The minimum Gasteiger partial charge on any atom is -0.490 e. The molecule has 3 rings (SSSR count). The van der Waals surface area contributed by atoms with Crippen molar-refractivity contribution >= 4 is 50.7 Å². The van der Waals surface area contributed by atoms with E-state index in [9.17, 15) is 0 Å². The van der Waals surface area contributed by atoms with Crippen molar-refractivity contribution in [1.82, 2.24) is 15.1 Å². The molecule has 1 aromatic heterocycles. The first-order valence-corrected chi connectivity index (χ1v) is 12.0. The van der Waals surface area contributed by atoms with Gasteiger partial charge in [-0.3, -0.25) is 4.68 Å². The van der Waals surface area contributed by atoms with Crippen LogP contribution in [-0.2, 0) is 13.0 Å². The maximum atomic E-state index is 6.25. The van der Waals surface area contributed by atoms with E-state index in [0.29, 0.717) is 42.3 Å². The van der Waals surface area contributed by atoms with E-state index in [4.69, 9.17) is 33.3 Å². The maximum Gasteiger partial charge on any atom is 0.172 e. The summed E-state index contributed by atoms with van der Waals surface area (Å²) in [5, 5.41) is 12.1. The minimum absolute atomic E-state index is 0.504. The summed E-state index contributed by atoms with van der Waals surface area (Å²) in [5.41, 5.74) is 2.13. The lowest BCUT2D eigenvalue weighted by Crippen LogP contribution is -2.30. The number of rotatable bonds is 10. The summed E-state index contributed by atoms with van der Waals surface area (Å²) < 4.78 is 13.9.